The van der Waals surface area contributed by atoms with Crippen LogP contribution >= 0.6 is 0 Å². The minimum absolute atomic E-state index is 0.00401. The Labute approximate surface area is 176 Å². The van der Waals surface area contributed by atoms with Crippen molar-refractivity contribution >= 4 is 17.5 Å². The molecule has 0 unspecified atom stereocenters. The summed E-state index contributed by atoms with van der Waals surface area (Å²) in [6, 6.07) is 5.53. The van der Waals surface area contributed by atoms with Gasteiger partial charge in [-0.15, -0.1) is 0 Å². The van der Waals surface area contributed by atoms with E-state index in [2.05, 4.69) is 5.32 Å². The van der Waals surface area contributed by atoms with Gasteiger partial charge < -0.3 is 29.5 Å². The second-order valence-electron chi connectivity index (χ2n) is 8.28. The van der Waals surface area contributed by atoms with Crippen LogP contribution in [0.1, 0.15) is 43.6 Å². The molecule has 4 rings (SSSR count). The van der Waals surface area contributed by atoms with E-state index in [1.807, 2.05) is 17.0 Å². The highest BCUT2D eigenvalue weighted by Crippen LogP contribution is 2.47. The lowest BCUT2D eigenvalue weighted by atomic mass is 9.84. The molecule has 2 fully saturated rings. The van der Waals surface area contributed by atoms with Crippen molar-refractivity contribution in [3.63, 3.8) is 0 Å². The maximum atomic E-state index is 12.7. The number of likely N-dealkylation sites (tertiary alicyclic amines) is 1. The van der Waals surface area contributed by atoms with Gasteiger partial charge in [0.1, 0.15) is 24.6 Å². The number of benzene rings is 1. The number of hydrogen-bond acceptors (Lipinski definition) is 6. The third-order valence-corrected chi connectivity index (χ3v) is 6.17. The normalized spacial score (nSPS) is 27.7. The first-order chi connectivity index (χ1) is 14.6. The molecular formula is C22H30N2O6. The number of amides is 2. The number of piperidine rings is 1. The molecule has 0 aromatic heterocycles. The van der Waals surface area contributed by atoms with Gasteiger partial charge in [-0.05, 0) is 43.9 Å². The lowest BCUT2D eigenvalue weighted by Crippen LogP contribution is -2.48. The van der Waals surface area contributed by atoms with Crippen LogP contribution in [0.3, 0.4) is 0 Å². The summed E-state index contributed by atoms with van der Waals surface area (Å²) in [4.78, 5) is 26.5. The fourth-order valence-electron chi connectivity index (χ4n) is 4.76. The molecule has 4 atom stereocenters. The summed E-state index contributed by atoms with van der Waals surface area (Å²) in [5.74, 6) is 0.636. The lowest BCUT2D eigenvalue weighted by molar-refractivity contribution is -0.149. The van der Waals surface area contributed by atoms with E-state index in [-0.39, 0.29) is 43.2 Å². The van der Waals surface area contributed by atoms with E-state index >= 15 is 0 Å². The topological polar surface area (TPSA) is 97.3 Å². The largest absolute Gasteiger partial charge is 0.487 e. The first-order valence-electron chi connectivity index (χ1n) is 10.7. The molecule has 1 aromatic rings. The first-order valence-corrected chi connectivity index (χ1v) is 10.7. The Hall–Kier alpha value is -2.16. The number of nitrogens with one attached hydrogen (secondary N) is 1. The number of rotatable bonds is 6. The van der Waals surface area contributed by atoms with Gasteiger partial charge >= 0.3 is 0 Å². The quantitative estimate of drug-likeness (QED) is 0.729. The second kappa shape index (κ2) is 9.32. The Morgan fingerprint density at radius 3 is 2.80 bits per heavy atom. The molecule has 0 radical (unpaired) electrons. The summed E-state index contributed by atoms with van der Waals surface area (Å²) < 4.78 is 17.0. The van der Waals surface area contributed by atoms with Gasteiger partial charge in [0, 0.05) is 37.4 Å². The highest BCUT2D eigenvalue weighted by Gasteiger charge is 2.46. The summed E-state index contributed by atoms with van der Waals surface area (Å²) >= 11 is 0. The number of methoxy groups -OCH3 is 1. The average Bonchev–Trinajstić information content (AvgIpc) is 3.12. The summed E-state index contributed by atoms with van der Waals surface area (Å²) in [5, 5.41) is 12.7. The van der Waals surface area contributed by atoms with Crippen molar-refractivity contribution in [3.05, 3.63) is 23.8 Å². The highest BCUT2D eigenvalue weighted by molar-refractivity contribution is 5.92. The molecule has 8 nitrogen and oxygen atoms in total. The summed E-state index contributed by atoms with van der Waals surface area (Å²) in [6.45, 7) is 1.46. The molecule has 164 valence electrons. The van der Waals surface area contributed by atoms with Crippen LogP contribution < -0.4 is 10.1 Å². The number of carbonyl (C=O) groups excluding carboxylic acids is 2. The minimum Gasteiger partial charge on any atom is -0.487 e. The summed E-state index contributed by atoms with van der Waals surface area (Å²) in [7, 11) is 1.48. The summed E-state index contributed by atoms with van der Waals surface area (Å²) in [5.41, 5.74) is 1.65. The number of ether oxygens (including phenoxy) is 3. The van der Waals surface area contributed by atoms with Gasteiger partial charge in [0.05, 0.1) is 19.1 Å². The number of anilines is 1. The van der Waals surface area contributed by atoms with Gasteiger partial charge in [0.15, 0.2) is 0 Å². The molecule has 30 heavy (non-hydrogen) atoms. The molecule has 8 heteroatoms. The molecule has 3 aliphatic heterocycles. The van der Waals surface area contributed by atoms with Crippen molar-refractivity contribution in [2.24, 2.45) is 0 Å². The monoisotopic (exact) mass is 418 g/mol. The van der Waals surface area contributed by atoms with E-state index in [1.54, 1.807) is 6.07 Å². The SMILES string of the molecule is COCC(=O)Nc1ccc2c(c1)[C@H]1C[C@@H](CC(=O)N3CCCCC3)O[C@@H](CO)[C@H]1O2. The zero-order valence-electron chi connectivity index (χ0n) is 17.3. The Balaban J connectivity index is 1.48. The van der Waals surface area contributed by atoms with Crippen molar-refractivity contribution in [1.29, 1.82) is 0 Å². The molecule has 1 aromatic carbocycles. The Morgan fingerprint density at radius 2 is 2.07 bits per heavy atom. The van der Waals surface area contributed by atoms with E-state index in [4.69, 9.17) is 14.2 Å². The average molecular weight is 418 g/mol. The van der Waals surface area contributed by atoms with Crippen LogP contribution in [0.5, 0.6) is 5.75 Å². The first kappa shape index (κ1) is 21.1. The fraction of sp³-hybridized carbons (Fsp3) is 0.636. The smallest absolute Gasteiger partial charge is 0.250 e. The molecule has 0 bridgehead atoms. The molecule has 3 heterocycles. The molecule has 0 aliphatic carbocycles. The number of fused-ring (bicyclic) bond motifs is 3. The molecule has 2 N–H and O–H groups in total. The van der Waals surface area contributed by atoms with Crippen LogP contribution in [-0.4, -0.2) is 73.5 Å². The maximum absolute atomic E-state index is 12.7. The molecular weight excluding hydrogens is 388 g/mol. The number of carbonyl (C=O) groups is 2. The van der Waals surface area contributed by atoms with Gasteiger partial charge in [0.2, 0.25) is 11.8 Å². The number of hydrogen-bond donors (Lipinski definition) is 2. The lowest BCUT2D eigenvalue weighted by Gasteiger charge is -2.38. The van der Waals surface area contributed by atoms with Gasteiger partial charge in [-0.1, -0.05) is 0 Å². The van der Waals surface area contributed by atoms with Crippen molar-refractivity contribution in [3.8, 4) is 5.75 Å². The third-order valence-electron chi connectivity index (χ3n) is 6.17. The number of aliphatic hydroxyl groups excluding tert-OH is 1. The van der Waals surface area contributed by atoms with Crippen LogP contribution in [0, 0.1) is 0 Å². The summed E-state index contributed by atoms with van der Waals surface area (Å²) in [6.07, 6.45) is 3.21. The van der Waals surface area contributed by atoms with Gasteiger partial charge in [0.25, 0.3) is 0 Å². The Morgan fingerprint density at radius 1 is 1.27 bits per heavy atom. The fourth-order valence-corrected chi connectivity index (χ4v) is 4.76. The predicted molar refractivity (Wildman–Crippen MR) is 110 cm³/mol. The van der Waals surface area contributed by atoms with Crippen LogP contribution in [0.15, 0.2) is 18.2 Å². The standard InChI is InChI=1S/C22H30N2O6/c1-28-13-20(26)23-14-5-6-18-16(9-14)17-10-15(29-19(12-25)22(17)30-18)11-21(27)24-7-3-2-4-8-24/h5-6,9,15,17,19,22,25H,2-4,7-8,10-13H2,1H3,(H,23,26)/t15-,17+,19-,22-/m0/s1. The zero-order chi connectivity index (χ0) is 21.1. The van der Waals surface area contributed by atoms with E-state index in [0.717, 1.165) is 37.2 Å². The van der Waals surface area contributed by atoms with Gasteiger partial charge in [-0.25, -0.2) is 0 Å². The van der Waals surface area contributed by atoms with Crippen molar-refractivity contribution in [2.75, 3.05) is 38.7 Å². The molecule has 3 aliphatic rings. The van der Waals surface area contributed by atoms with Crippen LogP contribution in [0.4, 0.5) is 5.69 Å². The molecule has 2 amide bonds. The molecule has 0 spiro atoms. The number of nitrogens with zero attached hydrogens (tertiary/aromatic N) is 1. The van der Waals surface area contributed by atoms with Crippen molar-refractivity contribution in [2.45, 2.75) is 56.3 Å². The zero-order valence-corrected chi connectivity index (χ0v) is 17.3. The molecule has 0 saturated carbocycles. The van der Waals surface area contributed by atoms with E-state index < -0.39 is 6.10 Å². The van der Waals surface area contributed by atoms with Crippen LogP contribution in [-0.2, 0) is 19.1 Å². The van der Waals surface area contributed by atoms with E-state index in [0.29, 0.717) is 18.5 Å². The van der Waals surface area contributed by atoms with E-state index in [9.17, 15) is 14.7 Å². The Kier molecular flexibility index (Phi) is 6.55. The predicted octanol–water partition coefficient (Wildman–Crippen LogP) is 1.67. The highest BCUT2D eigenvalue weighted by atomic mass is 16.6. The van der Waals surface area contributed by atoms with Gasteiger partial charge in [-0.3, -0.25) is 9.59 Å². The molecule has 2 saturated heterocycles. The van der Waals surface area contributed by atoms with Crippen molar-refractivity contribution in [1.82, 2.24) is 4.90 Å². The minimum atomic E-state index is -0.484. The second-order valence-corrected chi connectivity index (χ2v) is 8.28. The maximum Gasteiger partial charge on any atom is 0.250 e. The van der Waals surface area contributed by atoms with Crippen LogP contribution in [0.25, 0.3) is 0 Å². The van der Waals surface area contributed by atoms with Crippen LogP contribution in [0.2, 0.25) is 0 Å². The Bertz CT molecular complexity index is 779. The van der Waals surface area contributed by atoms with Gasteiger partial charge in [-0.2, -0.15) is 0 Å². The number of aliphatic hydroxyl groups is 1. The van der Waals surface area contributed by atoms with E-state index in [1.165, 1.54) is 13.5 Å². The third kappa shape index (κ3) is 4.45. The van der Waals surface area contributed by atoms with Crippen molar-refractivity contribution < 1.29 is 28.9 Å².